The Morgan fingerprint density at radius 1 is 1.16 bits per heavy atom. The van der Waals surface area contributed by atoms with Crippen LogP contribution in [0.3, 0.4) is 0 Å². The van der Waals surface area contributed by atoms with Crippen molar-refractivity contribution in [3.8, 4) is 0 Å². The summed E-state index contributed by atoms with van der Waals surface area (Å²) in [6.45, 7) is 0.594. The molecule has 0 aliphatic heterocycles. The molecule has 0 unspecified atom stereocenters. The van der Waals surface area contributed by atoms with Gasteiger partial charge < -0.3 is 16.8 Å². The van der Waals surface area contributed by atoms with Crippen LogP contribution in [-0.2, 0) is 6.54 Å². The highest BCUT2D eigenvalue weighted by atomic mass is 79.9. The third-order valence-electron chi connectivity index (χ3n) is 2.71. The van der Waals surface area contributed by atoms with E-state index in [2.05, 4.69) is 21.2 Å². The number of rotatable bonds is 4. The van der Waals surface area contributed by atoms with Crippen molar-refractivity contribution in [2.45, 2.75) is 6.54 Å². The van der Waals surface area contributed by atoms with Crippen LogP contribution in [0.25, 0.3) is 0 Å². The van der Waals surface area contributed by atoms with E-state index in [9.17, 15) is 4.79 Å². The van der Waals surface area contributed by atoms with Crippen molar-refractivity contribution < 1.29 is 4.79 Å². The number of nitrogens with one attached hydrogen (secondary N) is 1. The summed E-state index contributed by atoms with van der Waals surface area (Å²) in [5.41, 5.74) is 13.8. The molecule has 5 heteroatoms. The van der Waals surface area contributed by atoms with Crippen LogP contribution in [-0.4, -0.2) is 5.91 Å². The van der Waals surface area contributed by atoms with E-state index in [1.165, 1.54) is 0 Å². The van der Waals surface area contributed by atoms with Gasteiger partial charge in [-0.05, 0) is 35.9 Å². The Bertz CT molecular complexity index is 596. The molecule has 1 amide bonds. The van der Waals surface area contributed by atoms with E-state index in [0.29, 0.717) is 23.5 Å². The average molecular weight is 320 g/mol. The molecular formula is C14H14BrN3O. The van der Waals surface area contributed by atoms with E-state index in [1.807, 2.05) is 24.3 Å². The number of carbonyl (C=O) groups excluding carboxylic acids is 1. The fourth-order valence-corrected chi connectivity index (χ4v) is 1.99. The van der Waals surface area contributed by atoms with Gasteiger partial charge in [-0.25, -0.2) is 0 Å². The minimum Gasteiger partial charge on any atom is -0.399 e. The molecule has 0 atom stereocenters. The fraction of sp³-hybridized carbons (Fsp3) is 0.0714. The molecule has 2 rings (SSSR count). The maximum atomic E-state index is 11.3. The lowest BCUT2D eigenvalue weighted by Crippen LogP contribution is -2.14. The monoisotopic (exact) mass is 319 g/mol. The highest BCUT2D eigenvalue weighted by Gasteiger charge is 2.08. The average Bonchev–Trinajstić information content (AvgIpc) is 2.38. The minimum absolute atomic E-state index is 0.436. The first-order valence-corrected chi connectivity index (χ1v) is 6.53. The molecule has 0 fully saturated rings. The van der Waals surface area contributed by atoms with Gasteiger partial charge in [0.15, 0.2) is 0 Å². The Balaban J connectivity index is 2.16. The topological polar surface area (TPSA) is 81.1 Å². The van der Waals surface area contributed by atoms with Gasteiger partial charge in [0.05, 0.1) is 5.56 Å². The summed E-state index contributed by atoms with van der Waals surface area (Å²) in [6, 6.07) is 12.9. The standard InChI is InChI=1S/C14H14BrN3O/c15-10-3-1-9(2-4-10)8-18-13-7-11(16)5-6-12(13)14(17)19/h1-7,18H,8,16H2,(H2,17,19). The van der Waals surface area contributed by atoms with E-state index < -0.39 is 5.91 Å². The van der Waals surface area contributed by atoms with Crippen LogP contribution in [0, 0.1) is 0 Å². The summed E-state index contributed by atoms with van der Waals surface area (Å²) in [5.74, 6) is -0.474. The predicted octanol–water partition coefficient (Wildman–Crippen LogP) is 2.74. The van der Waals surface area contributed by atoms with Crippen molar-refractivity contribution >= 4 is 33.2 Å². The van der Waals surface area contributed by atoms with E-state index >= 15 is 0 Å². The normalized spacial score (nSPS) is 10.2. The van der Waals surface area contributed by atoms with Gasteiger partial charge in [0, 0.05) is 22.4 Å². The van der Waals surface area contributed by atoms with Crippen molar-refractivity contribution in [2.24, 2.45) is 5.73 Å². The van der Waals surface area contributed by atoms with Gasteiger partial charge in [0.1, 0.15) is 0 Å². The molecule has 0 aliphatic rings. The number of hydrogen-bond donors (Lipinski definition) is 3. The number of halogens is 1. The number of benzene rings is 2. The number of carbonyl (C=O) groups is 1. The van der Waals surface area contributed by atoms with Gasteiger partial charge in [-0.1, -0.05) is 28.1 Å². The van der Waals surface area contributed by atoms with Crippen LogP contribution in [0.1, 0.15) is 15.9 Å². The molecule has 0 aromatic heterocycles. The van der Waals surface area contributed by atoms with Crippen LogP contribution in [0.15, 0.2) is 46.9 Å². The largest absolute Gasteiger partial charge is 0.399 e. The van der Waals surface area contributed by atoms with Crippen molar-refractivity contribution in [1.29, 1.82) is 0 Å². The van der Waals surface area contributed by atoms with Gasteiger partial charge in [0.2, 0.25) is 0 Å². The maximum absolute atomic E-state index is 11.3. The number of anilines is 2. The first-order chi connectivity index (χ1) is 9.06. The van der Waals surface area contributed by atoms with Gasteiger partial charge in [-0.2, -0.15) is 0 Å². The predicted molar refractivity (Wildman–Crippen MR) is 80.8 cm³/mol. The Hall–Kier alpha value is -2.01. The third-order valence-corrected chi connectivity index (χ3v) is 3.23. The zero-order valence-corrected chi connectivity index (χ0v) is 11.8. The Kier molecular flexibility index (Phi) is 4.06. The second kappa shape index (κ2) is 5.75. The molecule has 0 bridgehead atoms. The molecule has 19 heavy (non-hydrogen) atoms. The van der Waals surface area contributed by atoms with Crippen LogP contribution in [0.5, 0.6) is 0 Å². The molecule has 98 valence electrons. The molecule has 0 saturated carbocycles. The first-order valence-electron chi connectivity index (χ1n) is 5.74. The van der Waals surface area contributed by atoms with Gasteiger partial charge in [0.25, 0.3) is 5.91 Å². The Morgan fingerprint density at radius 3 is 2.47 bits per heavy atom. The molecule has 4 nitrogen and oxygen atoms in total. The van der Waals surface area contributed by atoms with Gasteiger partial charge >= 0.3 is 0 Å². The molecule has 2 aromatic rings. The van der Waals surface area contributed by atoms with Crippen molar-refractivity contribution in [2.75, 3.05) is 11.1 Å². The first kappa shape index (κ1) is 13.4. The second-order valence-electron chi connectivity index (χ2n) is 4.15. The zero-order chi connectivity index (χ0) is 13.8. The van der Waals surface area contributed by atoms with Crippen molar-refractivity contribution in [1.82, 2.24) is 0 Å². The smallest absolute Gasteiger partial charge is 0.250 e. The van der Waals surface area contributed by atoms with Gasteiger partial charge in [-0.15, -0.1) is 0 Å². The van der Waals surface area contributed by atoms with Gasteiger partial charge in [-0.3, -0.25) is 4.79 Å². The molecule has 0 radical (unpaired) electrons. The van der Waals surface area contributed by atoms with E-state index in [4.69, 9.17) is 11.5 Å². The highest BCUT2D eigenvalue weighted by molar-refractivity contribution is 9.10. The number of primary amides is 1. The number of nitrogens with two attached hydrogens (primary N) is 2. The highest BCUT2D eigenvalue weighted by Crippen LogP contribution is 2.20. The van der Waals surface area contributed by atoms with Crippen LogP contribution >= 0.6 is 15.9 Å². The summed E-state index contributed by atoms with van der Waals surface area (Å²) < 4.78 is 1.03. The molecule has 0 spiro atoms. The SMILES string of the molecule is NC(=O)c1ccc(N)cc1NCc1ccc(Br)cc1. The third kappa shape index (κ3) is 3.48. The fourth-order valence-electron chi connectivity index (χ4n) is 1.72. The minimum atomic E-state index is -0.474. The molecule has 0 saturated heterocycles. The summed E-state index contributed by atoms with van der Waals surface area (Å²) in [7, 11) is 0. The molecule has 0 heterocycles. The molecule has 0 aliphatic carbocycles. The quantitative estimate of drug-likeness (QED) is 0.758. The number of amides is 1. The lowest BCUT2D eigenvalue weighted by Gasteiger charge is -2.11. The maximum Gasteiger partial charge on any atom is 0.250 e. The molecule has 5 N–H and O–H groups in total. The second-order valence-corrected chi connectivity index (χ2v) is 5.06. The summed E-state index contributed by atoms with van der Waals surface area (Å²) in [4.78, 5) is 11.3. The lowest BCUT2D eigenvalue weighted by molar-refractivity contribution is 0.100. The summed E-state index contributed by atoms with van der Waals surface area (Å²) in [5, 5.41) is 3.18. The summed E-state index contributed by atoms with van der Waals surface area (Å²) in [6.07, 6.45) is 0. The van der Waals surface area contributed by atoms with E-state index in [0.717, 1.165) is 10.0 Å². The zero-order valence-electron chi connectivity index (χ0n) is 10.2. The van der Waals surface area contributed by atoms with E-state index in [-0.39, 0.29) is 0 Å². The van der Waals surface area contributed by atoms with Crippen molar-refractivity contribution in [3.63, 3.8) is 0 Å². The Morgan fingerprint density at radius 2 is 1.84 bits per heavy atom. The number of hydrogen-bond acceptors (Lipinski definition) is 3. The Labute approximate surface area is 119 Å². The molecule has 2 aromatic carbocycles. The van der Waals surface area contributed by atoms with E-state index in [1.54, 1.807) is 18.2 Å². The number of nitrogen functional groups attached to an aromatic ring is 1. The van der Waals surface area contributed by atoms with Crippen LogP contribution in [0.2, 0.25) is 0 Å². The van der Waals surface area contributed by atoms with Crippen LogP contribution < -0.4 is 16.8 Å². The summed E-state index contributed by atoms with van der Waals surface area (Å²) >= 11 is 3.38. The van der Waals surface area contributed by atoms with Crippen LogP contribution in [0.4, 0.5) is 11.4 Å². The lowest BCUT2D eigenvalue weighted by atomic mass is 10.1. The van der Waals surface area contributed by atoms with Crippen molar-refractivity contribution in [3.05, 3.63) is 58.1 Å². The molecular weight excluding hydrogens is 306 g/mol.